The van der Waals surface area contributed by atoms with Gasteiger partial charge in [0, 0.05) is 17.0 Å². The highest BCUT2D eigenvalue weighted by atomic mass is 16.2. The zero-order valence-corrected chi connectivity index (χ0v) is 11.8. The molecule has 0 fully saturated rings. The van der Waals surface area contributed by atoms with Crippen LogP contribution >= 0.6 is 0 Å². The molecule has 2 aromatic rings. The van der Waals surface area contributed by atoms with Crippen LogP contribution in [-0.2, 0) is 5.41 Å². The van der Waals surface area contributed by atoms with Crippen LogP contribution in [-0.4, -0.2) is 15.7 Å². The second-order valence-electron chi connectivity index (χ2n) is 5.64. The van der Waals surface area contributed by atoms with Gasteiger partial charge >= 0.3 is 0 Å². The predicted molar refractivity (Wildman–Crippen MR) is 78.3 cm³/mol. The zero-order chi connectivity index (χ0) is 14.9. The summed E-state index contributed by atoms with van der Waals surface area (Å²) in [5.74, 6) is 5.31. The summed E-state index contributed by atoms with van der Waals surface area (Å²) in [6.07, 6.45) is 0. The van der Waals surface area contributed by atoms with Crippen molar-refractivity contribution in [2.45, 2.75) is 26.2 Å². The summed E-state index contributed by atoms with van der Waals surface area (Å²) in [4.78, 5) is 11.5. The maximum Gasteiger partial charge on any atom is 0.265 e. The number of hydrogen-bond acceptors (Lipinski definition) is 4. The molecule has 0 aliphatic rings. The molecule has 2 rings (SSSR count). The van der Waals surface area contributed by atoms with E-state index in [4.69, 9.17) is 11.6 Å². The van der Waals surface area contributed by atoms with E-state index in [0.717, 1.165) is 11.4 Å². The van der Waals surface area contributed by atoms with E-state index in [-0.39, 0.29) is 11.3 Å². The van der Waals surface area contributed by atoms with Gasteiger partial charge in [0.25, 0.3) is 5.91 Å². The number of nitrogens with zero attached hydrogens (tertiary/aromatic N) is 2. The third-order valence-electron chi connectivity index (χ3n) is 2.99. The Labute approximate surface area is 117 Å². The highest BCUT2D eigenvalue weighted by Gasteiger charge is 2.19. The Morgan fingerprint density at radius 1 is 1.30 bits per heavy atom. The summed E-state index contributed by atoms with van der Waals surface area (Å²) in [6.45, 7) is 6.20. The van der Waals surface area contributed by atoms with Crippen molar-refractivity contribution in [3.05, 3.63) is 41.6 Å². The lowest BCUT2D eigenvalue weighted by Crippen LogP contribution is -2.30. The van der Waals surface area contributed by atoms with Gasteiger partial charge in [-0.25, -0.2) is 10.5 Å². The van der Waals surface area contributed by atoms with Crippen LogP contribution in [0.1, 0.15) is 36.8 Å². The number of amides is 1. The first kappa shape index (κ1) is 14.1. The van der Waals surface area contributed by atoms with Crippen LogP contribution in [0.2, 0.25) is 0 Å². The SMILES string of the molecule is CC(C)(C)c1cc(N)n(-c2cccc(C(=O)NN)c2)n1. The minimum absolute atomic E-state index is 0.0917. The smallest absolute Gasteiger partial charge is 0.265 e. The molecule has 1 heterocycles. The van der Waals surface area contributed by atoms with Crippen molar-refractivity contribution in [2.24, 2.45) is 5.84 Å². The van der Waals surface area contributed by atoms with Gasteiger partial charge in [0.15, 0.2) is 0 Å². The molecule has 0 saturated heterocycles. The summed E-state index contributed by atoms with van der Waals surface area (Å²) >= 11 is 0. The first-order valence-electron chi connectivity index (χ1n) is 6.30. The number of hydrogen-bond donors (Lipinski definition) is 3. The second-order valence-corrected chi connectivity index (χ2v) is 5.64. The van der Waals surface area contributed by atoms with E-state index in [1.54, 1.807) is 22.9 Å². The number of nitrogen functional groups attached to an aromatic ring is 2. The monoisotopic (exact) mass is 273 g/mol. The van der Waals surface area contributed by atoms with Gasteiger partial charge in [-0.15, -0.1) is 0 Å². The van der Waals surface area contributed by atoms with E-state index in [1.807, 2.05) is 12.1 Å². The summed E-state index contributed by atoms with van der Waals surface area (Å²) in [7, 11) is 0. The lowest BCUT2D eigenvalue weighted by molar-refractivity contribution is 0.0953. The fraction of sp³-hybridized carbons (Fsp3) is 0.286. The molecule has 0 radical (unpaired) electrons. The number of carbonyl (C=O) groups is 1. The minimum Gasteiger partial charge on any atom is -0.384 e. The van der Waals surface area contributed by atoms with Gasteiger partial charge in [-0.2, -0.15) is 5.10 Å². The Balaban J connectivity index is 2.47. The summed E-state index contributed by atoms with van der Waals surface area (Å²) in [6, 6.07) is 8.81. The minimum atomic E-state index is -0.353. The molecule has 0 aliphatic heterocycles. The summed E-state index contributed by atoms with van der Waals surface area (Å²) in [5, 5.41) is 4.51. The molecule has 0 atom stereocenters. The van der Waals surface area contributed by atoms with Crippen LogP contribution in [0.25, 0.3) is 5.69 Å². The van der Waals surface area contributed by atoms with E-state index in [9.17, 15) is 4.79 Å². The van der Waals surface area contributed by atoms with Crippen LogP contribution in [0.5, 0.6) is 0 Å². The van der Waals surface area contributed by atoms with Gasteiger partial charge in [-0.3, -0.25) is 10.2 Å². The molecular formula is C14H19N5O. The maximum atomic E-state index is 11.5. The average Bonchev–Trinajstić information content (AvgIpc) is 2.80. The molecule has 6 nitrogen and oxygen atoms in total. The van der Waals surface area contributed by atoms with E-state index in [0.29, 0.717) is 11.4 Å². The molecule has 0 saturated carbocycles. The zero-order valence-electron chi connectivity index (χ0n) is 11.8. The Hall–Kier alpha value is -2.34. The number of nitrogens with one attached hydrogen (secondary N) is 1. The molecule has 0 spiro atoms. The number of carbonyl (C=O) groups excluding carboxylic acids is 1. The van der Waals surface area contributed by atoms with Crippen molar-refractivity contribution in [3.63, 3.8) is 0 Å². The van der Waals surface area contributed by atoms with Gasteiger partial charge in [-0.05, 0) is 18.2 Å². The van der Waals surface area contributed by atoms with Gasteiger partial charge < -0.3 is 5.73 Å². The van der Waals surface area contributed by atoms with Crippen molar-refractivity contribution in [3.8, 4) is 5.69 Å². The van der Waals surface area contributed by atoms with Gasteiger partial charge in [0.2, 0.25) is 0 Å². The maximum absolute atomic E-state index is 11.5. The van der Waals surface area contributed by atoms with Crippen LogP contribution in [0, 0.1) is 0 Å². The molecule has 6 heteroatoms. The molecule has 1 amide bonds. The molecule has 20 heavy (non-hydrogen) atoms. The number of anilines is 1. The number of nitrogens with two attached hydrogens (primary N) is 2. The van der Waals surface area contributed by atoms with Gasteiger partial charge in [0.1, 0.15) is 5.82 Å². The third kappa shape index (κ3) is 2.65. The van der Waals surface area contributed by atoms with Crippen LogP contribution < -0.4 is 17.0 Å². The molecule has 0 bridgehead atoms. The van der Waals surface area contributed by atoms with E-state index < -0.39 is 0 Å². The third-order valence-corrected chi connectivity index (χ3v) is 2.99. The summed E-state index contributed by atoms with van der Waals surface area (Å²) < 4.78 is 1.62. The Bertz CT molecular complexity index is 639. The quantitative estimate of drug-likeness (QED) is 0.437. The largest absolute Gasteiger partial charge is 0.384 e. The standard InChI is InChI=1S/C14H19N5O/c1-14(2,3)11-8-12(15)19(18-11)10-6-4-5-9(7-10)13(20)17-16/h4-8H,15-16H2,1-3H3,(H,17,20). The molecule has 0 aliphatic carbocycles. The van der Waals surface area contributed by atoms with Crippen molar-refractivity contribution in [2.75, 3.05) is 5.73 Å². The van der Waals surface area contributed by atoms with E-state index >= 15 is 0 Å². The predicted octanol–water partition coefficient (Wildman–Crippen LogP) is 1.36. The molecule has 106 valence electrons. The fourth-order valence-electron chi connectivity index (χ4n) is 1.83. The number of aromatic nitrogens is 2. The van der Waals surface area contributed by atoms with E-state index in [1.165, 1.54) is 0 Å². The number of benzene rings is 1. The first-order valence-corrected chi connectivity index (χ1v) is 6.30. The van der Waals surface area contributed by atoms with Crippen LogP contribution in [0.15, 0.2) is 30.3 Å². The Morgan fingerprint density at radius 3 is 2.55 bits per heavy atom. The highest BCUT2D eigenvalue weighted by Crippen LogP contribution is 2.24. The van der Waals surface area contributed by atoms with E-state index in [2.05, 4.69) is 31.3 Å². The Kier molecular flexibility index (Phi) is 3.50. The number of rotatable bonds is 2. The first-order chi connectivity index (χ1) is 9.32. The van der Waals surface area contributed by atoms with Crippen LogP contribution in [0.3, 0.4) is 0 Å². The van der Waals surface area contributed by atoms with Crippen molar-refractivity contribution >= 4 is 11.7 Å². The molecule has 1 aromatic heterocycles. The second kappa shape index (κ2) is 4.97. The lowest BCUT2D eigenvalue weighted by Gasteiger charge is -2.14. The lowest BCUT2D eigenvalue weighted by atomic mass is 9.92. The summed E-state index contributed by atoms with van der Waals surface area (Å²) in [5.41, 5.74) is 10.1. The Morgan fingerprint density at radius 2 is 2.00 bits per heavy atom. The normalized spacial score (nSPS) is 11.4. The highest BCUT2D eigenvalue weighted by molar-refractivity contribution is 5.94. The number of hydrazine groups is 1. The van der Waals surface area contributed by atoms with Crippen LogP contribution in [0.4, 0.5) is 5.82 Å². The molecule has 0 unspecified atom stereocenters. The molecular weight excluding hydrogens is 254 g/mol. The van der Waals surface area contributed by atoms with Crippen molar-refractivity contribution < 1.29 is 4.79 Å². The van der Waals surface area contributed by atoms with Gasteiger partial charge in [0.05, 0.1) is 11.4 Å². The molecule has 1 aromatic carbocycles. The molecule has 5 N–H and O–H groups in total. The topological polar surface area (TPSA) is 99.0 Å². The van der Waals surface area contributed by atoms with Crippen molar-refractivity contribution in [1.82, 2.24) is 15.2 Å². The average molecular weight is 273 g/mol. The van der Waals surface area contributed by atoms with Crippen molar-refractivity contribution in [1.29, 1.82) is 0 Å². The fourth-order valence-corrected chi connectivity index (χ4v) is 1.83. The van der Waals surface area contributed by atoms with Gasteiger partial charge in [-0.1, -0.05) is 26.8 Å².